The molecule has 0 aliphatic rings. The van der Waals surface area contributed by atoms with E-state index in [2.05, 4.69) is 10.4 Å². The van der Waals surface area contributed by atoms with E-state index in [-0.39, 0.29) is 5.91 Å². The highest BCUT2D eigenvalue weighted by molar-refractivity contribution is 7.20. The van der Waals surface area contributed by atoms with Crippen molar-refractivity contribution in [2.75, 3.05) is 0 Å². The van der Waals surface area contributed by atoms with Crippen molar-refractivity contribution < 1.29 is 4.79 Å². The lowest BCUT2D eigenvalue weighted by Crippen LogP contribution is -2.29. The Labute approximate surface area is 84.7 Å². The molecule has 0 fully saturated rings. The summed E-state index contributed by atoms with van der Waals surface area (Å²) < 4.78 is 1.00. The number of thiophene rings is 1. The molecule has 0 bridgehead atoms. The first-order chi connectivity index (χ1) is 6.72. The minimum atomic E-state index is -0.259. The number of aromatic nitrogens is 1. The van der Waals surface area contributed by atoms with E-state index in [1.54, 1.807) is 12.4 Å². The fourth-order valence-electron chi connectivity index (χ4n) is 1.28. The maximum Gasteiger partial charge on any atom is 0.275 e. The molecule has 14 heavy (non-hydrogen) atoms. The maximum absolute atomic E-state index is 11.2. The number of amides is 1. The fourth-order valence-corrected chi connectivity index (χ4v) is 2.29. The summed E-state index contributed by atoms with van der Waals surface area (Å²) in [4.78, 5) is 15.9. The standard InChI is InChI=1S/C9H9N3OS/c1-5-3-11-4-8-6(5)2-7(14-8)9(13)12-10/h2-4H,10H2,1H3,(H,12,13). The summed E-state index contributed by atoms with van der Waals surface area (Å²) >= 11 is 1.39. The molecule has 0 aromatic carbocycles. The molecular weight excluding hydrogens is 198 g/mol. The zero-order chi connectivity index (χ0) is 10.1. The van der Waals surface area contributed by atoms with Crippen LogP contribution in [0, 0.1) is 6.92 Å². The number of aryl methyl sites for hydroxylation is 1. The Kier molecular flexibility index (Phi) is 2.18. The van der Waals surface area contributed by atoms with Crippen LogP contribution in [0.3, 0.4) is 0 Å². The Morgan fingerprint density at radius 1 is 1.57 bits per heavy atom. The molecule has 1 amide bonds. The molecule has 72 valence electrons. The molecule has 0 saturated heterocycles. The first kappa shape index (κ1) is 9.11. The molecule has 0 aliphatic carbocycles. The van der Waals surface area contributed by atoms with Crippen molar-refractivity contribution in [2.24, 2.45) is 5.84 Å². The third-order valence-electron chi connectivity index (χ3n) is 2.00. The second kappa shape index (κ2) is 3.36. The number of pyridine rings is 1. The van der Waals surface area contributed by atoms with Crippen molar-refractivity contribution in [1.82, 2.24) is 10.4 Å². The predicted octanol–water partition coefficient (Wildman–Crippen LogP) is 1.21. The Morgan fingerprint density at radius 2 is 2.36 bits per heavy atom. The third-order valence-corrected chi connectivity index (χ3v) is 3.07. The molecule has 5 heteroatoms. The van der Waals surface area contributed by atoms with Crippen LogP contribution in [-0.2, 0) is 0 Å². The number of hydrogen-bond acceptors (Lipinski definition) is 4. The number of nitrogens with two attached hydrogens (primary N) is 1. The largest absolute Gasteiger partial charge is 0.289 e. The highest BCUT2D eigenvalue weighted by Crippen LogP contribution is 2.26. The quantitative estimate of drug-likeness (QED) is 0.419. The van der Waals surface area contributed by atoms with Crippen LogP contribution in [0.1, 0.15) is 15.2 Å². The third kappa shape index (κ3) is 1.36. The lowest BCUT2D eigenvalue weighted by Gasteiger charge is -1.91. The lowest BCUT2D eigenvalue weighted by atomic mass is 10.2. The summed E-state index contributed by atoms with van der Waals surface area (Å²) in [5.41, 5.74) is 3.18. The second-order valence-corrected chi connectivity index (χ2v) is 4.04. The van der Waals surface area contributed by atoms with Gasteiger partial charge in [0, 0.05) is 12.4 Å². The average Bonchev–Trinajstić information content (AvgIpc) is 2.62. The van der Waals surface area contributed by atoms with Gasteiger partial charge in [-0.05, 0) is 23.9 Å². The van der Waals surface area contributed by atoms with Crippen LogP contribution in [0.15, 0.2) is 18.5 Å². The summed E-state index contributed by atoms with van der Waals surface area (Å²) in [6, 6.07) is 1.83. The van der Waals surface area contributed by atoms with Crippen molar-refractivity contribution in [3.05, 3.63) is 28.9 Å². The number of nitrogens with one attached hydrogen (secondary N) is 1. The van der Waals surface area contributed by atoms with Crippen LogP contribution in [0.2, 0.25) is 0 Å². The highest BCUT2D eigenvalue weighted by Gasteiger charge is 2.09. The van der Waals surface area contributed by atoms with Crippen LogP contribution < -0.4 is 11.3 Å². The summed E-state index contributed by atoms with van der Waals surface area (Å²) in [6.07, 6.45) is 3.53. The molecule has 2 aromatic heterocycles. The molecule has 4 nitrogen and oxygen atoms in total. The zero-order valence-electron chi connectivity index (χ0n) is 7.57. The molecule has 0 spiro atoms. The molecule has 2 heterocycles. The van der Waals surface area contributed by atoms with Crippen LogP contribution in [0.4, 0.5) is 0 Å². The van der Waals surface area contributed by atoms with Gasteiger partial charge in [0.15, 0.2) is 0 Å². The molecule has 0 radical (unpaired) electrons. The summed E-state index contributed by atoms with van der Waals surface area (Å²) in [7, 11) is 0. The monoisotopic (exact) mass is 207 g/mol. The normalized spacial score (nSPS) is 10.4. The van der Waals surface area contributed by atoms with Crippen LogP contribution >= 0.6 is 11.3 Å². The number of rotatable bonds is 1. The minimum absolute atomic E-state index is 0.259. The summed E-state index contributed by atoms with van der Waals surface area (Å²) in [5, 5.41) is 1.06. The van der Waals surface area contributed by atoms with Gasteiger partial charge in [-0.3, -0.25) is 15.2 Å². The Balaban J connectivity index is 2.62. The molecule has 0 saturated carbocycles. The van der Waals surface area contributed by atoms with E-state index in [9.17, 15) is 4.79 Å². The van der Waals surface area contributed by atoms with E-state index >= 15 is 0 Å². The maximum atomic E-state index is 11.2. The molecule has 2 aromatic rings. The van der Waals surface area contributed by atoms with E-state index in [4.69, 9.17) is 5.84 Å². The highest BCUT2D eigenvalue weighted by atomic mass is 32.1. The SMILES string of the molecule is Cc1cncc2sc(C(=O)NN)cc12. The van der Waals surface area contributed by atoms with Crippen LogP contribution in [-0.4, -0.2) is 10.9 Å². The van der Waals surface area contributed by atoms with Crippen molar-refractivity contribution in [2.45, 2.75) is 6.92 Å². The molecule has 2 rings (SSSR count). The van der Waals surface area contributed by atoms with Gasteiger partial charge in [-0.25, -0.2) is 5.84 Å². The van der Waals surface area contributed by atoms with Crippen molar-refractivity contribution >= 4 is 27.3 Å². The van der Waals surface area contributed by atoms with Gasteiger partial charge >= 0.3 is 0 Å². The lowest BCUT2D eigenvalue weighted by molar-refractivity contribution is 0.0958. The van der Waals surface area contributed by atoms with E-state index in [1.807, 2.05) is 13.0 Å². The van der Waals surface area contributed by atoms with Crippen LogP contribution in [0.5, 0.6) is 0 Å². The number of carbonyl (C=O) groups is 1. The summed E-state index contributed by atoms with van der Waals surface area (Å²) in [5.74, 6) is 4.80. The Bertz CT molecular complexity index is 492. The van der Waals surface area contributed by atoms with E-state index in [1.165, 1.54) is 11.3 Å². The first-order valence-corrected chi connectivity index (χ1v) is 4.89. The smallest absolute Gasteiger partial charge is 0.275 e. The van der Waals surface area contributed by atoms with Gasteiger partial charge in [0.05, 0.1) is 9.58 Å². The molecule has 0 aliphatic heterocycles. The number of carbonyl (C=O) groups excluding carboxylic acids is 1. The zero-order valence-corrected chi connectivity index (χ0v) is 8.39. The van der Waals surface area contributed by atoms with Gasteiger partial charge < -0.3 is 0 Å². The van der Waals surface area contributed by atoms with E-state index < -0.39 is 0 Å². The minimum Gasteiger partial charge on any atom is -0.289 e. The number of nitrogens with zero attached hydrogens (tertiary/aromatic N) is 1. The number of hydrazine groups is 1. The van der Waals surface area contributed by atoms with E-state index in [0.717, 1.165) is 15.6 Å². The van der Waals surface area contributed by atoms with Crippen molar-refractivity contribution in [3.63, 3.8) is 0 Å². The number of nitrogen functional groups attached to an aromatic ring is 1. The van der Waals surface area contributed by atoms with Crippen molar-refractivity contribution in [1.29, 1.82) is 0 Å². The van der Waals surface area contributed by atoms with E-state index in [0.29, 0.717) is 4.88 Å². The van der Waals surface area contributed by atoms with Gasteiger partial charge in [0.1, 0.15) is 0 Å². The van der Waals surface area contributed by atoms with Gasteiger partial charge in [0.2, 0.25) is 0 Å². The van der Waals surface area contributed by atoms with Gasteiger partial charge in [-0.1, -0.05) is 0 Å². The Morgan fingerprint density at radius 3 is 3.00 bits per heavy atom. The molecule has 3 N–H and O–H groups in total. The van der Waals surface area contributed by atoms with Gasteiger partial charge in [-0.2, -0.15) is 0 Å². The number of fused-ring (bicyclic) bond motifs is 1. The molecule has 0 unspecified atom stereocenters. The molecular formula is C9H9N3OS. The van der Waals surface area contributed by atoms with Gasteiger partial charge in [-0.15, -0.1) is 11.3 Å². The first-order valence-electron chi connectivity index (χ1n) is 4.07. The summed E-state index contributed by atoms with van der Waals surface area (Å²) in [6.45, 7) is 1.96. The van der Waals surface area contributed by atoms with Crippen molar-refractivity contribution in [3.8, 4) is 0 Å². The fraction of sp³-hybridized carbons (Fsp3) is 0.111. The topological polar surface area (TPSA) is 68.0 Å². The second-order valence-electron chi connectivity index (χ2n) is 2.95. The van der Waals surface area contributed by atoms with Gasteiger partial charge in [0.25, 0.3) is 5.91 Å². The Hall–Kier alpha value is -1.46. The number of hydrogen-bond donors (Lipinski definition) is 2. The average molecular weight is 207 g/mol. The predicted molar refractivity (Wildman–Crippen MR) is 56.0 cm³/mol. The van der Waals surface area contributed by atoms with Crippen LogP contribution in [0.25, 0.3) is 10.1 Å². The molecule has 0 atom stereocenters.